The largest absolute Gasteiger partial charge is 0.457 e. The molecule has 22 nitrogen and oxygen atoms in total. The monoisotopic (exact) mass is 1200 g/mol. The van der Waals surface area contributed by atoms with E-state index in [0.29, 0.717) is 105 Å². The number of carbonyl (C=O) groups excluding carboxylic acids is 3. The zero-order chi connectivity index (χ0) is 62.0. The van der Waals surface area contributed by atoms with Crippen LogP contribution in [0.4, 0.5) is 63.6 Å². The number of anilines is 11. The predicted octanol–water partition coefficient (Wildman–Crippen LogP) is 13.8. The van der Waals surface area contributed by atoms with Crippen LogP contribution in [0.1, 0.15) is 41.5 Å². The number of benzene rings is 5. The second-order valence-electron chi connectivity index (χ2n) is 20.6. The number of pyridine rings is 2. The van der Waals surface area contributed by atoms with E-state index < -0.39 is 11.8 Å². The van der Waals surface area contributed by atoms with Crippen molar-refractivity contribution in [2.45, 2.75) is 32.2 Å². The summed E-state index contributed by atoms with van der Waals surface area (Å²) in [4.78, 5) is 77.3. The number of nitrogens with one attached hydrogen (secondary N) is 7. The van der Waals surface area contributed by atoms with Gasteiger partial charge in [0, 0.05) is 60.0 Å². The third-order valence-corrected chi connectivity index (χ3v) is 13.1. The maximum absolute atomic E-state index is 13.6. The van der Waals surface area contributed by atoms with Crippen molar-refractivity contribution in [1.82, 2.24) is 44.8 Å². The molecule has 1 saturated carbocycles. The van der Waals surface area contributed by atoms with Crippen LogP contribution in [-0.4, -0.2) is 76.1 Å². The van der Waals surface area contributed by atoms with Gasteiger partial charge in [-0.1, -0.05) is 79.4 Å². The molecule has 7 N–H and O–H groups in total. The van der Waals surface area contributed by atoms with Crippen molar-refractivity contribution in [3.05, 3.63) is 242 Å². The molecule has 0 unspecified atom stereocenters. The Labute approximate surface area is 518 Å². The number of hydrogen-bond donors (Lipinski definition) is 7. The Morgan fingerprint density at radius 2 is 1.09 bits per heavy atom. The third-order valence-electron chi connectivity index (χ3n) is 13.1. The SMILES string of the molecule is C=CC(=O)Nc1cccc(Nc2cc(Oc3cccc(C4CC4)c3)nc(/C=C/C(=O)Nc3cccc(Nc4cc(Nc5cccc(Oc6ccccc6)c5)nc(CN(C)C/C=C/C(=O)Nc5cccc(Nc6cc(Oc7cccc(C)c7)ncn6)n5)n4)c3)n2)n1. The van der Waals surface area contributed by atoms with Crippen LogP contribution in [0.25, 0.3) is 6.08 Å². The minimum atomic E-state index is -0.456. The maximum atomic E-state index is 13.6. The Kier molecular flexibility index (Phi) is 19.1. The van der Waals surface area contributed by atoms with Crippen molar-refractivity contribution in [1.29, 1.82) is 0 Å². The summed E-state index contributed by atoms with van der Waals surface area (Å²) in [5.41, 5.74) is 4.07. The number of para-hydroxylation sites is 1. The number of likely N-dealkylation sites (N-methyl/N-ethyl adjacent to an activating group) is 1. The van der Waals surface area contributed by atoms with Gasteiger partial charge < -0.3 is 51.4 Å². The van der Waals surface area contributed by atoms with E-state index >= 15 is 0 Å². The molecule has 0 radical (unpaired) electrons. The van der Waals surface area contributed by atoms with Gasteiger partial charge in [0.1, 0.15) is 81.7 Å². The molecule has 0 spiro atoms. The molecule has 1 fully saturated rings. The number of rotatable bonds is 26. The fourth-order valence-electron chi connectivity index (χ4n) is 8.93. The average Bonchev–Trinajstić information content (AvgIpc) is 2.92. The Bertz CT molecular complexity index is 4280. The lowest BCUT2D eigenvalue weighted by molar-refractivity contribution is -0.112. The van der Waals surface area contributed by atoms with Crippen LogP contribution in [-0.2, 0) is 20.9 Å². The van der Waals surface area contributed by atoms with Crippen LogP contribution < -0.4 is 51.4 Å². The van der Waals surface area contributed by atoms with Gasteiger partial charge in [-0.25, -0.2) is 34.9 Å². The number of ether oxygens (including phenoxy) is 3. The molecule has 0 atom stereocenters. The van der Waals surface area contributed by atoms with Crippen molar-refractivity contribution in [2.75, 3.05) is 50.8 Å². The number of hydrogen-bond acceptors (Lipinski definition) is 19. The average molecular weight is 1200 g/mol. The van der Waals surface area contributed by atoms with Crippen molar-refractivity contribution in [3.8, 4) is 34.8 Å². The van der Waals surface area contributed by atoms with E-state index in [1.807, 2.05) is 122 Å². The normalized spacial score (nSPS) is 11.8. The molecule has 5 heterocycles. The highest BCUT2D eigenvalue weighted by molar-refractivity contribution is 6.02. The molecule has 22 heteroatoms. The minimum Gasteiger partial charge on any atom is -0.457 e. The highest BCUT2D eigenvalue weighted by atomic mass is 16.5. The number of amides is 3. The molecule has 5 aromatic heterocycles. The van der Waals surface area contributed by atoms with E-state index in [0.717, 1.165) is 30.2 Å². The van der Waals surface area contributed by atoms with E-state index in [2.05, 4.69) is 79.8 Å². The zero-order valence-electron chi connectivity index (χ0n) is 48.9. The molecule has 1 aliphatic rings. The summed E-state index contributed by atoms with van der Waals surface area (Å²) >= 11 is 0. The van der Waals surface area contributed by atoms with Crippen molar-refractivity contribution in [3.63, 3.8) is 0 Å². The van der Waals surface area contributed by atoms with Gasteiger partial charge in [-0.2, -0.15) is 4.98 Å². The van der Waals surface area contributed by atoms with Gasteiger partial charge in [0.05, 0.1) is 6.54 Å². The van der Waals surface area contributed by atoms with Crippen molar-refractivity contribution < 1.29 is 28.6 Å². The molecule has 0 saturated heterocycles. The van der Waals surface area contributed by atoms with Crippen molar-refractivity contribution in [2.24, 2.45) is 0 Å². The number of carbonyl (C=O) groups is 3. The zero-order valence-corrected chi connectivity index (χ0v) is 48.9. The molecule has 0 bridgehead atoms. The molecule has 1 aliphatic carbocycles. The van der Waals surface area contributed by atoms with Crippen LogP contribution >= 0.6 is 0 Å². The van der Waals surface area contributed by atoms with Gasteiger partial charge in [-0.3, -0.25) is 19.3 Å². The number of aromatic nitrogens is 8. The van der Waals surface area contributed by atoms with Crippen LogP contribution in [0.3, 0.4) is 0 Å². The first-order chi connectivity index (χ1) is 43.9. The second-order valence-corrected chi connectivity index (χ2v) is 20.6. The Hall–Kier alpha value is -12.2. The summed E-state index contributed by atoms with van der Waals surface area (Å²) in [7, 11) is 1.89. The Morgan fingerprint density at radius 3 is 1.82 bits per heavy atom. The van der Waals surface area contributed by atoms with Crippen LogP contribution in [0.2, 0.25) is 0 Å². The van der Waals surface area contributed by atoms with Gasteiger partial charge in [0.25, 0.3) is 0 Å². The number of nitrogens with zero attached hydrogens (tertiary/aromatic N) is 9. The van der Waals surface area contributed by atoms with E-state index in [4.69, 9.17) is 24.2 Å². The Balaban J connectivity index is 0.755. The summed E-state index contributed by atoms with van der Waals surface area (Å²) in [5, 5.41) is 21.5. The fraction of sp³-hybridized carbons (Fsp3) is 0.103. The smallest absolute Gasteiger partial charge is 0.249 e. The highest BCUT2D eigenvalue weighted by Crippen LogP contribution is 2.41. The van der Waals surface area contributed by atoms with Crippen LogP contribution in [0.5, 0.6) is 34.8 Å². The quantitative estimate of drug-likeness (QED) is 0.0248. The van der Waals surface area contributed by atoms with Gasteiger partial charge in [0.15, 0.2) is 5.82 Å². The second kappa shape index (κ2) is 28.8. The summed E-state index contributed by atoms with van der Waals surface area (Å²) in [6.45, 7) is 6.14. The van der Waals surface area contributed by atoms with Crippen molar-refractivity contribution >= 4 is 87.4 Å². The molecule has 10 aromatic rings. The van der Waals surface area contributed by atoms with Crippen LogP contribution in [0, 0.1) is 6.92 Å². The minimum absolute atomic E-state index is 0.172. The van der Waals surface area contributed by atoms with Gasteiger partial charge in [-0.05, 0) is 147 Å². The summed E-state index contributed by atoms with van der Waals surface area (Å²) in [5.74, 6) is 6.26. The van der Waals surface area contributed by atoms with Gasteiger partial charge >= 0.3 is 0 Å². The molecule has 448 valence electrons. The summed E-state index contributed by atoms with van der Waals surface area (Å²) in [6, 6.07) is 55.1. The lowest BCUT2D eigenvalue weighted by Crippen LogP contribution is -2.20. The van der Waals surface area contributed by atoms with Gasteiger partial charge in [-0.15, -0.1) is 0 Å². The van der Waals surface area contributed by atoms with E-state index in [9.17, 15) is 14.4 Å². The lowest BCUT2D eigenvalue weighted by Gasteiger charge is -2.16. The lowest BCUT2D eigenvalue weighted by atomic mass is 10.1. The third kappa shape index (κ3) is 17.9. The molecule has 3 amide bonds. The molecule has 11 rings (SSSR count). The van der Waals surface area contributed by atoms with E-state index in [-0.39, 0.29) is 24.2 Å². The van der Waals surface area contributed by atoms with Crippen LogP contribution in [0.15, 0.2) is 219 Å². The topological polar surface area (TPSA) is 269 Å². The number of aryl methyl sites for hydroxylation is 1. The molecule has 0 aliphatic heterocycles. The summed E-state index contributed by atoms with van der Waals surface area (Å²) in [6.07, 6.45) is 10.8. The first-order valence-electron chi connectivity index (χ1n) is 28.6. The summed E-state index contributed by atoms with van der Waals surface area (Å²) < 4.78 is 18.3. The fourth-order valence-corrected chi connectivity index (χ4v) is 8.93. The van der Waals surface area contributed by atoms with E-state index in [1.165, 1.54) is 30.1 Å². The first-order valence-corrected chi connectivity index (χ1v) is 28.6. The predicted molar refractivity (Wildman–Crippen MR) is 347 cm³/mol. The first kappa shape index (κ1) is 59.6. The molecule has 5 aromatic carbocycles. The Morgan fingerprint density at radius 1 is 0.500 bits per heavy atom. The van der Waals surface area contributed by atoms with Gasteiger partial charge in [0.2, 0.25) is 29.5 Å². The molecular formula is C68H60N16O6. The molecule has 90 heavy (non-hydrogen) atoms. The molecular weight excluding hydrogens is 1140 g/mol. The standard InChI is InChI=1S/C68H60N16O6/c1-4-64(85)81-56-27-13-26-55(75-56)77-62-41-68(90-52-23-9-16-46(36-52)45-30-31-45)83-58(78-62)32-33-66(87)73-48-18-10-17-47(37-48)71-60-39-61(72-49-19-11-24-53(38-49)88-50-20-6-5-7-21-50)80-63(79-60)42-84(3)34-14-29-65(86)82-57-28-12-25-54(74-57)76-59-40-67(70-43-69-59)89-51-22-8-15-44(2)35-51/h4-29,32-33,35-41,43,45H,1,30-31,34,42H2,2-3H3,(H,73,87)(H2,71,72,79,80)(H2,69,70,74,76,82,86)(H2,75,77,78,81,83,85)/b29-14+,33-32+. The van der Waals surface area contributed by atoms with E-state index in [1.54, 1.807) is 78.9 Å². The maximum Gasteiger partial charge on any atom is 0.249 e. The highest BCUT2D eigenvalue weighted by Gasteiger charge is 2.24.